The molecule has 4 heterocycles. The van der Waals surface area contributed by atoms with E-state index in [0.717, 1.165) is 70.0 Å². The number of benzene rings is 7. The quantitative estimate of drug-likeness (QED) is 0.110. The van der Waals surface area contributed by atoms with Gasteiger partial charge in [-0.25, -0.2) is 14.8 Å². The first-order valence-corrected chi connectivity index (χ1v) is 24.1. The Bertz CT molecular complexity index is 3650. The molecule has 4 aromatic heterocycles. The third-order valence-electron chi connectivity index (χ3n) is 12.5. The number of nitrogens with zero attached hydrogens (tertiary/aromatic N) is 6. The van der Waals surface area contributed by atoms with Gasteiger partial charge in [-0.1, -0.05) is 193 Å². The molecule has 0 amide bonds. The molecule has 11 heteroatoms. The van der Waals surface area contributed by atoms with Crippen molar-refractivity contribution in [3.05, 3.63) is 232 Å². The van der Waals surface area contributed by atoms with E-state index in [1.165, 1.54) is 22.7 Å². The van der Waals surface area contributed by atoms with Crippen LogP contribution in [-0.4, -0.2) is 37.7 Å². The Labute approximate surface area is 402 Å². The second-order valence-corrected chi connectivity index (χ2v) is 19.1. The first-order chi connectivity index (χ1) is 33.4. The van der Waals surface area contributed by atoms with E-state index in [1.807, 2.05) is 109 Å². The molecule has 68 heavy (non-hydrogen) atoms. The monoisotopic (exact) mass is 910 g/mol. The molecule has 0 spiro atoms. The topological polar surface area (TPSA) is 84.0 Å². The van der Waals surface area contributed by atoms with E-state index in [0.29, 0.717) is 32.0 Å². The number of para-hydroxylation sites is 2. The number of aromatic hydroxyl groups is 1. The van der Waals surface area contributed by atoms with Gasteiger partial charge in [-0.15, -0.1) is 22.7 Å². The average molecular weight is 911 g/mol. The largest absolute Gasteiger partial charge is 0.508 e. The SMILES string of the molecule is [C-]#[N+]/C(c1nc2ccccc2s1)=c1\c2c(C(C)C)n(B(c3ccccc3)c3ccccc3)/c(=C(/C#N)c3nc4ccccc4s3)c2c(-c2cccc(O)c2)n1B(c1ccccc1)c1ccccc1. The van der Waals surface area contributed by atoms with Crippen molar-refractivity contribution in [1.29, 1.82) is 5.26 Å². The van der Waals surface area contributed by atoms with Gasteiger partial charge in [0.1, 0.15) is 27.4 Å². The van der Waals surface area contributed by atoms with Crippen LogP contribution in [0.1, 0.15) is 35.5 Å². The molecule has 0 unspecified atom stereocenters. The lowest BCUT2D eigenvalue weighted by atomic mass is 9.50. The van der Waals surface area contributed by atoms with Crippen molar-refractivity contribution < 1.29 is 5.11 Å². The minimum absolute atomic E-state index is 0.0913. The van der Waals surface area contributed by atoms with Crippen LogP contribution in [-0.2, 0) is 0 Å². The zero-order chi connectivity index (χ0) is 46.3. The first kappa shape index (κ1) is 42.4. The maximum Gasteiger partial charge on any atom is 0.327 e. The minimum Gasteiger partial charge on any atom is -0.508 e. The van der Waals surface area contributed by atoms with Crippen molar-refractivity contribution in [2.75, 3.05) is 0 Å². The fourth-order valence-electron chi connectivity index (χ4n) is 9.82. The second-order valence-electron chi connectivity index (χ2n) is 17.0. The van der Waals surface area contributed by atoms with Crippen LogP contribution in [0.3, 0.4) is 0 Å². The molecule has 0 aliphatic heterocycles. The van der Waals surface area contributed by atoms with Gasteiger partial charge in [-0.05, 0) is 42.3 Å². The Morgan fingerprint density at radius 1 is 0.588 bits per heavy atom. The summed E-state index contributed by atoms with van der Waals surface area (Å²) in [7, 11) is 0. The Balaban J connectivity index is 1.50. The van der Waals surface area contributed by atoms with Gasteiger partial charge in [0.2, 0.25) is 5.70 Å². The molecule has 1 N–H and O–H groups in total. The summed E-state index contributed by atoms with van der Waals surface area (Å²) in [6, 6.07) is 67.8. The smallest absolute Gasteiger partial charge is 0.327 e. The summed E-state index contributed by atoms with van der Waals surface area (Å²) in [6.07, 6.45) is 0. The summed E-state index contributed by atoms with van der Waals surface area (Å²) in [4.78, 5) is 14.9. The van der Waals surface area contributed by atoms with Crippen LogP contribution < -0.4 is 32.5 Å². The molecule has 0 radical (unpaired) electrons. The van der Waals surface area contributed by atoms with Crippen LogP contribution in [0.25, 0.3) is 58.6 Å². The van der Waals surface area contributed by atoms with E-state index in [9.17, 15) is 16.9 Å². The van der Waals surface area contributed by atoms with E-state index in [4.69, 9.17) is 9.97 Å². The van der Waals surface area contributed by atoms with Crippen molar-refractivity contribution in [1.82, 2.24) is 18.9 Å². The molecule has 322 valence electrons. The molecular weight excluding hydrogens is 870 g/mol. The molecule has 0 fully saturated rings. The number of nitriles is 1. The molecule has 0 saturated heterocycles. The number of rotatable bonds is 10. The number of hydrogen-bond donors (Lipinski definition) is 1. The summed E-state index contributed by atoms with van der Waals surface area (Å²) in [5, 5.41) is 27.6. The second kappa shape index (κ2) is 17.9. The third-order valence-corrected chi connectivity index (χ3v) is 14.6. The lowest BCUT2D eigenvalue weighted by Gasteiger charge is -2.25. The van der Waals surface area contributed by atoms with Gasteiger partial charge in [-0.3, -0.25) is 0 Å². The number of phenols is 1. The standard InChI is InChI=1S/C57H40B2N6OS2/c1-37(2)52-49-50(54(44(36-60)56-62-45-31-16-18-33-47(45)67-56)64(52)58(39-22-8-4-9-23-39)40-24-10-5-11-25-40)53(38-21-20-30-43(66)35-38)65(59(41-26-12-6-13-27-41)42-28-14-7-15-29-42)55(49)51(61-3)57-63-46-32-17-19-34-48(46)68-57/h4-35,37,66H,1-2H3/b54-44-,55-51+. The fourth-order valence-corrected chi connectivity index (χ4v) is 11.7. The van der Waals surface area contributed by atoms with Gasteiger partial charge < -0.3 is 14.1 Å². The molecular formula is C57H40B2N6OS2. The highest BCUT2D eigenvalue weighted by Gasteiger charge is 2.37. The van der Waals surface area contributed by atoms with Gasteiger partial charge in [0.25, 0.3) is 0 Å². The molecule has 0 aliphatic carbocycles. The number of phenolic OH excluding ortho intramolecular Hbond substituents is 1. The van der Waals surface area contributed by atoms with Gasteiger partial charge >= 0.3 is 13.7 Å². The lowest BCUT2D eigenvalue weighted by Crippen LogP contribution is -2.54. The average Bonchev–Trinajstić information content (AvgIpc) is 4.16. The molecule has 7 nitrogen and oxygen atoms in total. The zero-order valence-electron chi connectivity index (χ0n) is 37.2. The van der Waals surface area contributed by atoms with Gasteiger partial charge in [0.15, 0.2) is 0 Å². The molecule has 11 rings (SSSR count). The maximum absolute atomic E-state index is 11.9. The molecule has 7 aromatic carbocycles. The normalized spacial score (nSPS) is 12.3. The molecule has 0 aliphatic rings. The summed E-state index contributed by atoms with van der Waals surface area (Å²) < 4.78 is 6.61. The van der Waals surface area contributed by atoms with Crippen LogP contribution in [0.2, 0.25) is 0 Å². The van der Waals surface area contributed by atoms with E-state index in [-0.39, 0.29) is 11.7 Å². The predicted octanol–water partition coefficient (Wildman–Crippen LogP) is 9.26. The summed E-state index contributed by atoms with van der Waals surface area (Å²) in [6.45, 7) is 12.8. The highest BCUT2D eigenvalue weighted by molar-refractivity contribution is 7.20. The number of aromatic nitrogens is 4. The van der Waals surface area contributed by atoms with E-state index in [1.54, 1.807) is 12.1 Å². The van der Waals surface area contributed by atoms with Crippen molar-refractivity contribution in [2.45, 2.75) is 19.8 Å². The predicted molar refractivity (Wildman–Crippen MR) is 283 cm³/mol. The van der Waals surface area contributed by atoms with Crippen molar-refractivity contribution >= 4 is 101 Å². The van der Waals surface area contributed by atoms with E-state index in [2.05, 4.69) is 107 Å². The third kappa shape index (κ3) is 7.30. The summed E-state index contributed by atoms with van der Waals surface area (Å²) in [5.41, 5.74) is 8.87. The highest BCUT2D eigenvalue weighted by Crippen LogP contribution is 2.37. The highest BCUT2D eigenvalue weighted by atomic mass is 32.1. The Hall–Kier alpha value is -8.21. The maximum atomic E-state index is 11.9. The minimum atomic E-state index is -0.489. The molecule has 0 bridgehead atoms. The van der Waals surface area contributed by atoms with Crippen LogP contribution in [0, 0.1) is 17.9 Å². The summed E-state index contributed by atoms with van der Waals surface area (Å²) in [5.74, 6) is -0.0639. The van der Waals surface area contributed by atoms with Crippen LogP contribution >= 0.6 is 22.7 Å². The number of hydrogen-bond acceptors (Lipinski definition) is 6. The van der Waals surface area contributed by atoms with Crippen molar-refractivity contribution in [3.8, 4) is 23.1 Å². The van der Waals surface area contributed by atoms with Gasteiger partial charge in [0.05, 0.1) is 32.4 Å². The Morgan fingerprint density at radius 2 is 1.06 bits per heavy atom. The van der Waals surface area contributed by atoms with Crippen LogP contribution in [0.15, 0.2) is 194 Å². The van der Waals surface area contributed by atoms with E-state index < -0.39 is 13.7 Å². The number of fused-ring (bicyclic) bond motifs is 3. The van der Waals surface area contributed by atoms with Crippen LogP contribution in [0.5, 0.6) is 5.75 Å². The fraction of sp³-hybridized carbons (Fsp3) is 0.0526. The zero-order valence-corrected chi connectivity index (χ0v) is 38.8. The Morgan fingerprint density at radius 3 is 1.53 bits per heavy atom. The molecule has 11 aromatic rings. The molecule has 0 saturated carbocycles. The lowest BCUT2D eigenvalue weighted by molar-refractivity contribution is 0.475. The first-order valence-electron chi connectivity index (χ1n) is 22.5. The molecule has 0 atom stereocenters. The van der Waals surface area contributed by atoms with Crippen molar-refractivity contribution in [3.63, 3.8) is 0 Å². The summed E-state index contributed by atoms with van der Waals surface area (Å²) >= 11 is 3.00. The van der Waals surface area contributed by atoms with Gasteiger partial charge in [0, 0.05) is 33.1 Å². The Kier molecular flexibility index (Phi) is 11.2. The van der Waals surface area contributed by atoms with Gasteiger partial charge in [-0.2, -0.15) is 5.26 Å². The van der Waals surface area contributed by atoms with Crippen molar-refractivity contribution in [2.24, 2.45) is 0 Å². The van der Waals surface area contributed by atoms with E-state index >= 15 is 0 Å². The number of thiazole rings is 2. The van der Waals surface area contributed by atoms with Crippen LogP contribution in [0.4, 0.5) is 0 Å².